The van der Waals surface area contributed by atoms with Gasteiger partial charge in [-0.15, -0.1) is 0 Å². The molecule has 1 unspecified atom stereocenters. The smallest absolute Gasteiger partial charge is 0.317 e. The fourth-order valence-corrected chi connectivity index (χ4v) is 2.65. The van der Waals surface area contributed by atoms with E-state index in [0.29, 0.717) is 6.54 Å². The van der Waals surface area contributed by atoms with Crippen LogP contribution in [0.5, 0.6) is 0 Å². The minimum atomic E-state index is -0.100. The third-order valence-corrected chi connectivity index (χ3v) is 3.88. The highest BCUT2D eigenvalue weighted by Gasteiger charge is 2.32. The third-order valence-electron chi connectivity index (χ3n) is 3.88. The number of likely N-dealkylation sites (tertiary alicyclic amines) is 1. The van der Waals surface area contributed by atoms with E-state index in [0.717, 1.165) is 39.0 Å². The predicted octanol–water partition coefficient (Wildman–Crippen LogP) is -0.403. The van der Waals surface area contributed by atoms with Gasteiger partial charge >= 0.3 is 6.03 Å². The van der Waals surface area contributed by atoms with Crippen molar-refractivity contribution >= 4 is 11.9 Å². The van der Waals surface area contributed by atoms with E-state index < -0.39 is 0 Å². The molecule has 3 amide bonds. The molecule has 2 heterocycles. The molecule has 2 aliphatic heterocycles. The fourth-order valence-electron chi connectivity index (χ4n) is 2.65. The number of hydrogen-bond acceptors (Lipinski definition) is 3. The summed E-state index contributed by atoms with van der Waals surface area (Å²) < 4.78 is 0. The lowest BCUT2D eigenvalue weighted by Gasteiger charge is -2.37. The summed E-state index contributed by atoms with van der Waals surface area (Å²) in [6.07, 6.45) is 1.74. The van der Waals surface area contributed by atoms with Crippen LogP contribution in [0.3, 0.4) is 0 Å². The van der Waals surface area contributed by atoms with Crippen molar-refractivity contribution < 1.29 is 9.59 Å². The average molecular weight is 254 g/mol. The van der Waals surface area contributed by atoms with Crippen molar-refractivity contribution in [1.29, 1.82) is 0 Å². The number of amides is 3. The second kappa shape index (κ2) is 5.56. The molecule has 0 saturated carbocycles. The first-order valence-electron chi connectivity index (χ1n) is 6.66. The van der Waals surface area contributed by atoms with Crippen LogP contribution >= 0.6 is 0 Å². The minimum Gasteiger partial charge on any atom is -0.342 e. The normalized spacial score (nSPS) is 23.1. The Balaban J connectivity index is 1.84. The molecule has 102 valence electrons. The first-order valence-corrected chi connectivity index (χ1v) is 6.66. The quantitative estimate of drug-likeness (QED) is 0.719. The zero-order valence-corrected chi connectivity index (χ0v) is 10.9. The average Bonchev–Trinajstić information content (AvgIpc) is 2.83. The van der Waals surface area contributed by atoms with Crippen LogP contribution in [0.25, 0.3) is 0 Å². The summed E-state index contributed by atoms with van der Waals surface area (Å²) in [6.45, 7) is 5.25. The van der Waals surface area contributed by atoms with Crippen LogP contribution in [-0.2, 0) is 4.79 Å². The molecule has 1 atom stereocenters. The maximum atomic E-state index is 12.0. The summed E-state index contributed by atoms with van der Waals surface area (Å²) in [6, 6.07) is 0.319. The molecule has 6 nitrogen and oxygen atoms in total. The molecule has 0 bridgehead atoms. The van der Waals surface area contributed by atoms with Gasteiger partial charge in [0, 0.05) is 44.7 Å². The van der Waals surface area contributed by atoms with Crippen molar-refractivity contribution in [1.82, 2.24) is 15.1 Å². The van der Waals surface area contributed by atoms with Crippen LogP contribution in [0, 0.1) is 5.92 Å². The number of nitrogens with zero attached hydrogens (tertiary/aromatic N) is 2. The van der Waals surface area contributed by atoms with Gasteiger partial charge in [0.25, 0.3) is 0 Å². The van der Waals surface area contributed by atoms with Gasteiger partial charge in [-0.2, -0.15) is 0 Å². The lowest BCUT2D eigenvalue weighted by Crippen LogP contribution is -2.49. The van der Waals surface area contributed by atoms with Gasteiger partial charge in [0.15, 0.2) is 0 Å². The monoisotopic (exact) mass is 254 g/mol. The van der Waals surface area contributed by atoms with Gasteiger partial charge in [0.05, 0.1) is 0 Å². The number of piperidine rings is 1. The highest BCUT2D eigenvalue weighted by Crippen LogP contribution is 2.19. The lowest BCUT2D eigenvalue weighted by molar-refractivity contribution is -0.136. The van der Waals surface area contributed by atoms with Crippen LogP contribution in [0.4, 0.5) is 4.79 Å². The van der Waals surface area contributed by atoms with Crippen molar-refractivity contribution in [3.8, 4) is 0 Å². The van der Waals surface area contributed by atoms with Crippen molar-refractivity contribution in [3.63, 3.8) is 0 Å². The molecule has 18 heavy (non-hydrogen) atoms. The molecule has 0 radical (unpaired) electrons. The van der Waals surface area contributed by atoms with Crippen molar-refractivity contribution in [3.05, 3.63) is 0 Å². The second-order valence-electron chi connectivity index (χ2n) is 5.12. The summed E-state index contributed by atoms with van der Waals surface area (Å²) >= 11 is 0. The van der Waals surface area contributed by atoms with E-state index in [9.17, 15) is 9.59 Å². The first kappa shape index (κ1) is 13.1. The topological polar surface area (TPSA) is 78.7 Å². The third kappa shape index (κ3) is 2.58. The molecule has 0 aromatic heterocycles. The van der Waals surface area contributed by atoms with Crippen molar-refractivity contribution in [2.24, 2.45) is 11.7 Å². The van der Waals surface area contributed by atoms with Crippen molar-refractivity contribution in [2.45, 2.75) is 25.8 Å². The van der Waals surface area contributed by atoms with Gasteiger partial charge in [-0.3, -0.25) is 4.79 Å². The number of nitrogens with one attached hydrogen (secondary N) is 1. The molecule has 2 saturated heterocycles. The van der Waals surface area contributed by atoms with E-state index >= 15 is 0 Å². The van der Waals surface area contributed by atoms with E-state index in [1.807, 2.05) is 16.7 Å². The Kier molecular flexibility index (Phi) is 4.06. The molecule has 0 aliphatic carbocycles. The summed E-state index contributed by atoms with van der Waals surface area (Å²) in [7, 11) is 0. The standard InChI is InChI=1S/C12H22N4O2/c1-9(8-13)11(17)15-5-2-10(3-6-15)16-7-4-14-12(16)18/h9-10H,2-8,13H2,1H3,(H,14,18). The maximum absolute atomic E-state index is 12.0. The first-order chi connectivity index (χ1) is 8.63. The van der Waals surface area contributed by atoms with Crippen LogP contribution in [-0.4, -0.2) is 60.5 Å². The molecule has 0 aromatic rings. The number of carbonyl (C=O) groups is 2. The SMILES string of the molecule is CC(CN)C(=O)N1CCC(N2CCNC2=O)CC1. The van der Waals surface area contributed by atoms with Crippen LogP contribution in [0.15, 0.2) is 0 Å². The number of nitrogens with two attached hydrogens (primary N) is 1. The predicted molar refractivity (Wildman–Crippen MR) is 67.9 cm³/mol. The summed E-state index contributed by atoms with van der Waals surface area (Å²) in [5.74, 6) is 0.0402. The van der Waals surface area contributed by atoms with Crippen LogP contribution in [0.1, 0.15) is 19.8 Å². The van der Waals surface area contributed by atoms with Crippen molar-refractivity contribution in [2.75, 3.05) is 32.7 Å². The Morgan fingerprint density at radius 2 is 2.11 bits per heavy atom. The molecule has 2 rings (SSSR count). The van der Waals surface area contributed by atoms with E-state index in [4.69, 9.17) is 5.73 Å². The Labute approximate surface area is 107 Å². The highest BCUT2D eigenvalue weighted by molar-refractivity contribution is 5.79. The molecular formula is C12H22N4O2. The molecule has 6 heteroatoms. The van der Waals surface area contributed by atoms with Crippen LogP contribution in [0.2, 0.25) is 0 Å². The molecule has 2 fully saturated rings. The second-order valence-corrected chi connectivity index (χ2v) is 5.12. The van der Waals surface area contributed by atoms with E-state index in [1.54, 1.807) is 0 Å². The Bertz CT molecular complexity index is 326. The van der Waals surface area contributed by atoms with Crippen LogP contribution < -0.4 is 11.1 Å². The zero-order chi connectivity index (χ0) is 13.1. The Morgan fingerprint density at radius 3 is 2.61 bits per heavy atom. The Hall–Kier alpha value is -1.30. The lowest BCUT2D eigenvalue weighted by atomic mass is 10.0. The minimum absolute atomic E-state index is 0.0371. The van der Waals surface area contributed by atoms with Gasteiger partial charge in [0.2, 0.25) is 5.91 Å². The number of urea groups is 1. The van der Waals surface area contributed by atoms with Gasteiger partial charge in [-0.05, 0) is 12.8 Å². The largest absolute Gasteiger partial charge is 0.342 e. The number of carbonyl (C=O) groups excluding carboxylic acids is 2. The zero-order valence-electron chi connectivity index (χ0n) is 10.9. The molecule has 0 aromatic carbocycles. The molecule has 2 aliphatic rings. The van der Waals surface area contributed by atoms with E-state index in [-0.39, 0.29) is 23.9 Å². The maximum Gasteiger partial charge on any atom is 0.317 e. The highest BCUT2D eigenvalue weighted by atomic mass is 16.2. The van der Waals surface area contributed by atoms with Gasteiger partial charge < -0.3 is 20.9 Å². The summed E-state index contributed by atoms with van der Waals surface area (Å²) in [4.78, 5) is 27.3. The molecular weight excluding hydrogens is 232 g/mol. The Morgan fingerprint density at radius 1 is 1.44 bits per heavy atom. The fraction of sp³-hybridized carbons (Fsp3) is 0.833. The summed E-state index contributed by atoms with van der Waals surface area (Å²) in [5.41, 5.74) is 5.52. The van der Waals surface area contributed by atoms with E-state index in [1.165, 1.54) is 0 Å². The number of hydrogen-bond donors (Lipinski definition) is 2. The van der Waals surface area contributed by atoms with E-state index in [2.05, 4.69) is 5.32 Å². The molecule has 3 N–H and O–H groups in total. The molecule has 0 spiro atoms. The van der Waals surface area contributed by atoms with Gasteiger partial charge in [-0.25, -0.2) is 4.79 Å². The number of rotatable bonds is 3. The van der Waals surface area contributed by atoms with Gasteiger partial charge in [-0.1, -0.05) is 6.92 Å². The summed E-state index contributed by atoms with van der Waals surface area (Å²) in [5, 5.41) is 2.82. The van der Waals surface area contributed by atoms with Gasteiger partial charge in [0.1, 0.15) is 0 Å².